The van der Waals surface area contributed by atoms with Gasteiger partial charge in [0.25, 0.3) is 10.0 Å². The Kier molecular flexibility index (Phi) is 9.10. The number of sulfonamides is 1. The maximum absolute atomic E-state index is 12.9. The van der Waals surface area contributed by atoms with E-state index in [1.807, 2.05) is 14.0 Å². The normalized spacial score (nSPS) is 14.6. The average molecular weight is 518 g/mol. The molecule has 3 rings (SSSR count). The summed E-state index contributed by atoms with van der Waals surface area (Å²) in [7, 11) is -1.84. The van der Waals surface area contributed by atoms with Crippen LogP contribution in [-0.2, 0) is 21.2 Å². The fourth-order valence-corrected chi connectivity index (χ4v) is 4.71. The van der Waals surface area contributed by atoms with Crippen LogP contribution in [0.2, 0.25) is 0 Å². The molecule has 0 spiro atoms. The zero-order chi connectivity index (χ0) is 26.4. The number of aromatic carboxylic acids is 1. The lowest BCUT2D eigenvalue weighted by Gasteiger charge is -2.34. The minimum atomic E-state index is -5.08. The van der Waals surface area contributed by atoms with E-state index in [4.69, 9.17) is 9.90 Å². The van der Waals surface area contributed by atoms with Crippen LogP contribution < -0.4 is 9.62 Å². The van der Waals surface area contributed by atoms with E-state index in [0.29, 0.717) is 12.0 Å². The Balaban J connectivity index is 0.000000540. The smallest absolute Gasteiger partial charge is 0.478 e. The van der Waals surface area contributed by atoms with Gasteiger partial charge in [-0.3, -0.25) is 4.72 Å². The highest BCUT2D eigenvalue weighted by molar-refractivity contribution is 7.92. The lowest BCUT2D eigenvalue weighted by atomic mass is 10.1. The Labute approximate surface area is 200 Å². The molecule has 0 atom stereocenters. The Morgan fingerprint density at radius 2 is 1.60 bits per heavy atom. The third-order valence-electron chi connectivity index (χ3n) is 5.23. The van der Waals surface area contributed by atoms with Crippen LogP contribution in [0.25, 0.3) is 0 Å². The van der Waals surface area contributed by atoms with Crippen molar-refractivity contribution < 1.29 is 41.4 Å². The molecule has 35 heavy (non-hydrogen) atoms. The number of likely N-dealkylation sites (N-methyl/N-ethyl adjacent to an activating group) is 1. The number of aliphatic carboxylic acids is 1. The minimum Gasteiger partial charge on any atom is -0.478 e. The number of carboxylic acids is 2. The Morgan fingerprint density at radius 3 is 2.11 bits per heavy atom. The standard InChI is InChI=1S/C20H25N3O4S.C2HF3O2/c1-3-15-6-4-5-7-19(15)28(26,27)21-18-9-8-16(14-17(18)20(24)25)23-12-10-22(2)11-13-23;3-2(4,5)1(6)7/h4-9,14,21H,3,10-13H2,1-2H3,(H,24,25);(H,6,7). The molecule has 0 amide bonds. The molecule has 2 aromatic carbocycles. The van der Waals surface area contributed by atoms with E-state index in [1.54, 1.807) is 24.3 Å². The van der Waals surface area contributed by atoms with Crippen molar-refractivity contribution in [3.8, 4) is 0 Å². The summed E-state index contributed by atoms with van der Waals surface area (Å²) >= 11 is 0. The van der Waals surface area contributed by atoms with Crippen LogP contribution in [0.5, 0.6) is 0 Å². The summed E-state index contributed by atoms with van der Waals surface area (Å²) in [5, 5.41) is 16.8. The van der Waals surface area contributed by atoms with Crippen LogP contribution in [0.4, 0.5) is 24.5 Å². The van der Waals surface area contributed by atoms with Crippen LogP contribution in [0.3, 0.4) is 0 Å². The van der Waals surface area contributed by atoms with Crippen molar-refractivity contribution >= 4 is 33.3 Å². The SMILES string of the molecule is CCc1ccccc1S(=O)(=O)Nc1ccc(N2CCN(C)CC2)cc1C(=O)O.O=C(O)C(F)(F)F. The average Bonchev–Trinajstić information content (AvgIpc) is 2.79. The first-order chi connectivity index (χ1) is 16.3. The summed E-state index contributed by atoms with van der Waals surface area (Å²) in [6, 6.07) is 11.6. The summed E-state index contributed by atoms with van der Waals surface area (Å²) in [5.74, 6) is -3.93. The van der Waals surface area contributed by atoms with E-state index in [9.17, 15) is 31.5 Å². The molecule has 0 aliphatic carbocycles. The first-order valence-electron chi connectivity index (χ1n) is 10.5. The van der Waals surface area contributed by atoms with Crippen molar-refractivity contribution in [2.75, 3.05) is 42.8 Å². The second-order valence-electron chi connectivity index (χ2n) is 7.70. The molecule has 1 aliphatic rings. The Hall–Kier alpha value is -3.32. The topological polar surface area (TPSA) is 127 Å². The van der Waals surface area contributed by atoms with Gasteiger partial charge in [-0.1, -0.05) is 25.1 Å². The van der Waals surface area contributed by atoms with Gasteiger partial charge in [-0.2, -0.15) is 13.2 Å². The van der Waals surface area contributed by atoms with Crippen molar-refractivity contribution in [1.82, 2.24) is 4.90 Å². The van der Waals surface area contributed by atoms with Crippen molar-refractivity contribution in [3.63, 3.8) is 0 Å². The number of anilines is 2. The quantitative estimate of drug-likeness (QED) is 0.534. The van der Waals surface area contributed by atoms with Crippen LogP contribution in [0.1, 0.15) is 22.8 Å². The van der Waals surface area contributed by atoms with Crippen LogP contribution in [0, 0.1) is 0 Å². The number of piperazine rings is 1. The van der Waals surface area contributed by atoms with Gasteiger partial charge in [-0.05, 0) is 43.3 Å². The number of nitrogens with zero attached hydrogens (tertiary/aromatic N) is 2. The number of aryl methyl sites for hydroxylation is 1. The van der Waals surface area contributed by atoms with Gasteiger partial charge in [0.1, 0.15) is 0 Å². The van der Waals surface area contributed by atoms with Gasteiger partial charge >= 0.3 is 18.1 Å². The van der Waals surface area contributed by atoms with Gasteiger partial charge in [0.15, 0.2) is 0 Å². The summed E-state index contributed by atoms with van der Waals surface area (Å²) < 4.78 is 59.9. The highest BCUT2D eigenvalue weighted by Gasteiger charge is 2.38. The molecule has 3 N–H and O–H groups in total. The molecule has 13 heteroatoms. The van der Waals surface area contributed by atoms with Gasteiger partial charge in [0, 0.05) is 31.9 Å². The van der Waals surface area contributed by atoms with Crippen molar-refractivity contribution in [1.29, 1.82) is 0 Å². The number of hydrogen-bond acceptors (Lipinski definition) is 6. The van der Waals surface area contributed by atoms with Crippen molar-refractivity contribution in [2.24, 2.45) is 0 Å². The monoisotopic (exact) mass is 517 g/mol. The molecule has 0 saturated carbocycles. The second kappa shape index (κ2) is 11.4. The van der Waals surface area contributed by atoms with Crippen molar-refractivity contribution in [2.45, 2.75) is 24.4 Å². The lowest BCUT2D eigenvalue weighted by molar-refractivity contribution is -0.192. The Bertz CT molecular complexity index is 1160. The number of benzene rings is 2. The van der Waals surface area contributed by atoms with Crippen LogP contribution in [0.15, 0.2) is 47.4 Å². The molecule has 0 radical (unpaired) electrons. The number of rotatable bonds is 6. The number of nitrogens with one attached hydrogen (secondary N) is 1. The third kappa shape index (κ3) is 7.59. The molecule has 0 bridgehead atoms. The molecule has 0 aromatic heterocycles. The summed E-state index contributed by atoms with van der Waals surface area (Å²) in [6.07, 6.45) is -4.52. The molecular formula is C22H26F3N3O6S. The predicted molar refractivity (Wildman–Crippen MR) is 123 cm³/mol. The third-order valence-corrected chi connectivity index (χ3v) is 6.70. The fraction of sp³-hybridized carbons (Fsp3) is 0.364. The molecule has 2 aromatic rings. The number of carbonyl (C=O) groups is 2. The highest BCUT2D eigenvalue weighted by Crippen LogP contribution is 2.27. The van der Waals surface area contributed by atoms with Gasteiger partial charge < -0.3 is 20.0 Å². The lowest BCUT2D eigenvalue weighted by Crippen LogP contribution is -2.44. The summed E-state index contributed by atoms with van der Waals surface area (Å²) in [4.78, 5) is 25.2. The molecule has 192 valence electrons. The highest BCUT2D eigenvalue weighted by atomic mass is 32.2. The number of alkyl halides is 3. The van der Waals surface area contributed by atoms with E-state index in [-0.39, 0.29) is 16.1 Å². The molecule has 0 unspecified atom stereocenters. The molecule has 1 saturated heterocycles. The number of carboxylic acid groups (broad SMARTS) is 2. The second-order valence-corrected chi connectivity index (χ2v) is 9.35. The summed E-state index contributed by atoms with van der Waals surface area (Å²) in [5.41, 5.74) is 1.47. The summed E-state index contributed by atoms with van der Waals surface area (Å²) in [6.45, 7) is 5.26. The predicted octanol–water partition coefficient (Wildman–Crippen LogP) is 3.13. The van der Waals surface area contributed by atoms with Gasteiger partial charge in [0.2, 0.25) is 0 Å². The molecule has 1 fully saturated rings. The van der Waals surface area contributed by atoms with Crippen LogP contribution >= 0.6 is 0 Å². The maximum Gasteiger partial charge on any atom is 0.490 e. The van der Waals surface area contributed by atoms with Gasteiger partial charge in [0.05, 0.1) is 16.1 Å². The Morgan fingerprint density at radius 1 is 1.03 bits per heavy atom. The first-order valence-corrected chi connectivity index (χ1v) is 12.0. The zero-order valence-electron chi connectivity index (χ0n) is 19.0. The first kappa shape index (κ1) is 27.9. The van der Waals surface area contributed by atoms with E-state index in [2.05, 4.69) is 14.5 Å². The molecule has 9 nitrogen and oxygen atoms in total. The van der Waals surface area contributed by atoms with E-state index >= 15 is 0 Å². The van der Waals surface area contributed by atoms with Crippen molar-refractivity contribution in [3.05, 3.63) is 53.6 Å². The number of hydrogen-bond donors (Lipinski definition) is 3. The number of halogens is 3. The van der Waals surface area contributed by atoms with Gasteiger partial charge in [-0.25, -0.2) is 18.0 Å². The largest absolute Gasteiger partial charge is 0.490 e. The van der Waals surface area contributed by atoms with Gasteiger partial charge in [-0.15, -0.1) is 0 Å². The van der Waals surface area contributed by atoms with E-state index < -0.39 is 28.1 Å². The molecular weight excluding hydrogens is 491 g/mol. The van der Waals surface area contributed by atoms with Crippen LogP contribution in [-0.4, -0.2) is 74.9 Å². The fourth-order valence-electron chi connectivity index (χ4n) is 3.32. The van der Waals surface area contributed by atoms with E-state index in [0.717, 1.165) is 31.9 Å². The maximum atomic E-state index is 12.9. The zero-order valence-corrected chi connectivity index (χ0v) is 19.9. The minimum absolute atomic E-state index is 0.0611. The molecule has 1 aliphatic heterocycles. The molecule has 1 heterocycles. The van der Waals surface area contributed by atoms with E-state index in [1.165, 1.54) is 18.2 Å².